The Morgan fingerprint density at radius 2 is 2.27 bits per heavy atom. The number of aromatic nitrogens is 2. The van der Waals surface area contributed by atoms with Crippen LogP contribution in [0.2, 0.25) is 0 Å². The first-order valence-corrected chi connectivity index (χ1v) is 5.61. The fourth-order valence-electron chi connectivity index (χ4n) is 2.49. The molecule has 0 radical (unpaired) electrons. The lowest BCUT2D eigenvalue weighted by Gasteiger charge is -2.13. The number of anilines is 1. The van der Waals surface area contributed by atoms with Crippen LogP contribution in [0.3, 0.4) is 0 Å². The number of nitrogens with two attached hydrogens (primary N) is 1. The molecule has 4 heteroatoms. The summed E-state index contributed by atoms with van der Waals surface area (Å²) in [7, 11) is 0. The van der Waals surface area contributed by atoms with Gasteiger partial charge in [0, 0.05) is 17.2 Å². The number of nitrogen functional groups attached to an aromatic ring is 1. The predicted octanol–water partition coefficient (Wildman–Crippen LogP) is 1.84. The molecule has 0 saturated carbocycles. The van der Waals surface area contributed by atoms with Gasteiger partial charge in [-0.1, -0.05) is 6.92 Å². The van der Waals surface area contributed by atoms with Crippen LogP contribution in [0.5, 0.6) is 0 Å². The molecule has 1 fully saturated rings. The molecule has 1 aliphatic rings. The predicted molar refractivity (Wildman–Crippen MR) is 59.7 cm³/mol. The molecule has 0 aromatic carbocycles. The molecule has 3 atom stereocenters. The first-order valence-electron chi connectivity index (χ1n) is 5.61. The summed E-state index contributed by atoms with van der Waals surface area (Å²) < 4.78 is 5.75. The van der Waals surface area contributed by atoms with Crippen LogP contribution in [0.15, 0.2) is 0 Å². The number of nitrogens with one attached hydrogen (secondary N) is 1. The van der Waals surface area contributed by atoms with Crippen molar-refractivity contribution in [2.45, 2.75) is 51.7 Å². The summed E-state index contributed by atoms with van der Waals surface area (Å²) in [5.41, 5.74) is 8.15. The van der Waals surface area contributed by atoms with Gasteiger partial charge in [-0.2, -0.15) is 5.10 Å². The van der Waals surface area contributed by atoms with E-state index < -0.39 is 0 Å². The van der Waals surface area contributed by atoms with Crippen molar-refractivity contribution in [3.63, 3.8) is 0 Å². The van der Waals surface area contributed by atoms with Gasteiger partial charge in [-0.3, -0.25) is 5.10 Å². The van der Waals surface area contributed by atoms with E-state index in [2.05, 4.69) is 31.0 Å². The summed E-state index contributed by atoms with van der Waals surface area (Å²) in [6, 6.07) is 0. The minimum Gasteiger partial charge on any atom is -0.382 e. The normalized spacial score (nSPS) is 31.0. The average Bonchev–Trinajstić information content (AvgIpc) is 2.69. The first-order chi connectivity index (χ1) is 7.13. The molecule has 3 N–H and O–H groups in total. The van der Waals surface area contributed by atoms with E-state index in [1.54, 1.807) is 0 Å². The number of aromatic amines is 1. The summed E-state index contributed by atoms with van der Waals surface area (Å²) in [4.78, 5) is 0. The minimum absolute atomic E-state index is 0.255. The fraction of sp³-hybridized carbons (Fsp3) is 0.727. The van der Waals surface area contributed by atoms with Crippen molar-refractivity contribution in [2.75, 3.05) is 5.73 Å². The van der Waals surface area contributed by atoms with E-state index in [9.17, 15) is 0 Å². The second-order valence-electron chi connectivity index (χ2n) is 4.35. The highest BCUT2D eigenvalue weighted by atomic mass is 16.5. The van der Waals surface area contributed by atoms with E-state index in [0.29, 0.717) is 17.8 Å². The van der Waals surface area contributed by atoms with E-state index in [4.69, 9.17) is 10.5 Å². The summed E-state index contributed by atoms with van der Waals surface area (Å²) >= 11 is 0. The van der Waals surface area contributed by atoms with Gasteiger partial charge in [0.25, 0.3) is 0 Å². The van der Waals surface area contributed by atoms with Gasteiger partial charge in [-0.05, 0) is 26.7 Å². The van der Waals surface area contributed by atoms with Crippen molar-refractivity contribution in [1.82, 2.24) is 10.2 Å². The van der Waals surface area contributed by atoms with Crippen LogP contribution in [-0.4, -0.2) is 22.4 Å². The summed E-state index contributed by atoms with van der Waals surface area (Å²) in [6.07, 6.45) is 2.56. The van der Waals surface area contributed by atoms with Crippen molar-refractivity contribution >= 4 is 5.82 Å². The van der Waals surface area contributed by atoms with Crippen molar-refractivity contribution in [1.29, 1.82) is 0 Å². The third-order valence-electron chi connectivity index (χ3n) is 3.25. The van der Waals surface area contributed by atoms with E-state index in [-0.39, 0.29) is 6.10 Å². The molecule has 1 aliphatic heterocycles. The lowest BCUT2D eigenvalue weighted by molar-refractivity contribution is 0.0629. The molecular formula is C11H19N3O. The van der Waals surface area contributed by atoms with Crippen LogP contribution >= 0.6 is 0 Å². The second-order valence-corrected chi connectivity index (χ2v) is 4.35. The minimum atomic E-state index is 0.255. The van der Waals surface area contributed by atoms with Gasteiger partial charge in [0.2, 0.25) is 0 Å². The van der Waals surface area contributed by atoms with Crippen LogP contribution in [0.4, 0.5) is 5.82 Å². The quantitative estimate of drug-likeness (QED) is 0.781. The smallest absolute Gasteiger partial charge is 0.148 e. The van der Waals surface area contributed by atoms with Crippen LogP contribution in [-0.2, 0) is 11.2 Å². The molecule has 1 aromatic rings. The first kappa shape index (κ1) is 10.5. The second kappa shape index (κ2) is 3.85. The highest BCUT2D eigenvalue weighted by molar-refractivity contribution is 5.43. The monoisotopic (exact) mass is 209 g/mol. The van der Waals surface area contributed by atoms with E-state index in [1.807, 2.05) is 0 Å². The maximum Gasteiger partial charge on any atom is 0.148 e. The van der Waals surface area contributed by atoms with Crippen LogP contribution in [0.1, 0.15) is 44.4 Å². The van der Waals surface area contributed by atoms with Crippen LogP contribution in [0.25, 0.3) is 0 Å². The largest absolute Gasteiger partial charge is 0.382 e. The number of nitrogens with zero attached hydrogens (tertiary/aromatic N) is 1. The summed E-state index contributed by atoms with van der Waals surface area (Å²) in [5, 5.41) is 7.15. The highest BCUT2D eigenvalue weighted by Crippen LogP contribution is 2.36. The molecule has 2 heterocycles. The maximum atomic E-state index is 5.82. The Balaban J connectivity index is 2.29. The van der Waals surface area contributed by atoms with Crippen LogP contribution in [0, 0.1) is 0 Å². The van der Waals surface area contributed by atoms with Crippen molar-refractivity contribution in [2.24, 2.45) is 0 Å². The molecule has 0 spiro atoms. The standard InChI is InChI=1S/C11H19N3O/c1-4-8-10(13-14-11(8)12)9-5-6(2)15-7(9)3/h6-7,9H,4-5H2,1-3H3,(H3,12,13,14). The molecule has 4 nitrogen and oxygen atoms in total. The maximum absolute atomic E-state index is 5.82. The van der Waals surface area contributed by atoms with Crippen molar-refractivity contribution in [3.8, 4) is 0 Å². The lowest BCUT2D eigenvalue weighted by atomic mass is 9.93. The molecule has 15 heavy (non-hydrogen) atoms. The van der Waals surface area contributed by atoms with Gasteiger partial charge < -0.3 is 10.5 Å². The Bertz CT molecular complexity index is 348. The molecule has 0 aliphatic carbocycles. The Morgan fingerprint density at radius 3 is 2.80 bits per heavy atom. The van der Waals surface area contributed by atoms with Gasteiger partial charge in [-0.15, -0.1) is 0 Å². The molecular weight excluding hydrogens is 190 g/mol. The van der Waals surface area contributed by atoms with E-state index >= 15 is 0 Å². The summed E-state index contributed by atoms with van der Waals surface area (Å²) in [5.74, 6) is 1.05. The third-order valence-corrected chi connectivity index (χ3v) is 3.25. The number of ether oxygens (including phenoxy) is 1. The van der Waals surface area contributed by atoms with E-state index in [0.717, 1.165) is 18.4 Å². The van der Waals surface area contributed by atoms with Gasteiger partial charge in [0.05, 0.1) is 12.2 Å². The zero-order chi connectivity index (χ0) is 11.0. The van der Waals surface area contributed by atoms with Gasteiger partial charge in [-0.25, -0.2) is 0 Å². The molecule has 1 saturated heterocycles. The van der Waals surface area contributed by atoms with Gasteiger partial charge in [0.1, 0.15) is 5.82 Å². The molecule has 0 amide bonds. The van der Waals surface area contributed by atoms with Gasteiger partial charge in [0.15, 0.2) is 0 Å². The number of hydrogen-bond acceptors (Lipinski definition) is 3. The Kier molecular flexibility index (Phi) is 2.69. The zero-order valence-corrected chi connectivity index (χ0v) is 9.58. The fourth-order valence-corrected chi connectivity index (χ4v) is 2.49. The lowest BCUT2D eigenvalue weighted by Crippen LogP contribution is -2.11. The number of H-pyrrole nitrogens is 1. The zero-order valence-electron chi connectivity index (χ0n) is 9.58. The average molecular weight is 209 g/mol. The number of rotatable bonds is 2. The Morgan fingerprint density at radius 1 is 1.53 bits per heavy atom. The molecule has 0 bridgehead atoms. The van der Waals surface area contributed by atoms with Crippen LogP contribution < -0.4 is 5.73 Å². The Labute approximate surface area is 90.2 Å². The Hall–Kier alpha value is -1.03. The molecule has 84 valence electrons. The molecule has 3 unspecified atom stereocenters. The van der Waals surface area contributed by atoms with Crippen molar-refractivity contribution < 1.29 is 4.74 Å². The molecule has 2 rings (SSSR count). The van der Waals surface area contributed by atoms with Crippen molar-refractivity contribution in [3.05, 3.63) is 11.3 Å². The number of hydrogen-bond donors (Lipinski definition) is 2. The van der Waals surface area contributed by atoms with E-state index in [1.165, 1.54) is 5.69 Å². The topological polar surface area (TPSA) is 63.9 Å². The summed E-state index contributed by atoms with van der Waals surface area (Å²) in [6.45, 7) is 6.33. The highest BCUT2D eigenvalue weighted by Gasteiger charge is 2.33. The SMILES string of the molecule is CCc1c(N)n[nH]c1C1CC(C)OC1C. The third kappa shape index (κ3) is 1.74. The van der Waals surface area contributed by atoms with Gasteiger partial charge >= 0.3 is 0 Å². The molecule has 1 aromatic heterocycles.